The summed E-state index contributed by atoms with van der Waals surface area (Å²) in [5, 5.41) is -0.199. The van der Waals surface area contributed by atoms with Crippen molar-refractivity contribution in [3.63, 3.8) is 0 Å². The number of rotatable bonds is 2. The molecule has 1 atom stereocenters. The Morgan fingerprint density at radius 2 is 2.18 bits per heavy atom. The fraction of sp³-hybridized carbons (Fsp3) is 0.400. The SMILES string of the molecule is N[C@H]1CCN(S(=O)(=O)c2cccc(Cl)c2F)C1. The van der Waals surface area contributed by atoms with Gasteiger partial charge in [-0.3, -0.25) is 0 Å². The summed E-state index contributed by atoms with van der Waals surface area (Å²) in [4.78, 5) is -0.390. The Labute approximate surface area is 104 Å². The molecule has 0 amide bonds. The van der Waals surface area contributed by atoms with Crippen LogP contribution in [0, 0.1) is 5.82 Å². The minimum absolute atomic E-state index is 0.188. The third-order valence-corrected chi connectivity index (χ3v) is 4.90. The predicted molar refractivity (Wildman–Crippen MR) is 62.8 cm³/mol. The van der Waals surface area contributed by atoms with Crippen LogP contribution in [-0.4, -0.2) is 31.9 Å². The first-order valence-corrected chi connectivity index (χ1v) is 6.94. The van der Waals surface area contributed by atoms with Gasteiger partial charge in [0.1, 0.15) is 4.90 Å². The maximum absolute atomic E-state index is 13.7. The summed E-state index contributed by atoms with van der Waals surface area (Å²) in [6.45, 7) is 0.531. The first-order chi connectivity index (χ1) is 7.93. The molecule has 1 aliphatic heterocycles. The molecule has 0 unspecified atom stereocenters. The average molecular weight is 279 g/mol. The topological polar surface area (TPSA) is 63.4 Å². The van der Waals surface area contributed by atoms with E-state index in [1.807, 2.05) is 0 Å². The van der Waals surface area contributed by atoms with Gasteiger partial charge in [0.2, 0.25) is 10.0 Å². The molecule has 7 heteroatoms. The third-order valence-electron chi connectivity index (χ3n) is 2.72. The zero-order valence-electron chi connectivity index (χ0n) is 8.94. The quantitative estimate of drug-likeness (QED) is 0.884. The maximum Gasteiger partial charge on any atom is 0.246 e. The smallest absolute Gasteiger partial charge is 0.246 e. The molecule has 17 heavy (non-hydrogen) atoms. The fourth-order valence-corrected chi connectivity index (χ4v) is 3.62. The number of hydrogen-bond acceptors (Lipinski definition) is 3. The van der Waals surface area contributed by atoms with Crippen molar-refractivity contribution >= 4 is 21.6 Å². The fourth-order valence-electron chi connectivity index (χ4n) is 1.79. The van der Waals surface area contributed by atoms with Crippen LogP contribution in [0.1, 0.15) is 6.42 Å². The number of hydrogen-bond donors (Lipinski definition) is 1. The van der Waals surface area contributed by atoms with Crippen molar-refractivity contribution in [2.45, 2.75) is 17.4 Å². The van der Waals surface area contributed by atoms with Crippen LogP contribution in [0.2, 0.25) is 5.02 Å². The predicted octanol–water partition coefficient (Wildman–Crippen LogP) is 1.20. The summed E-state index contributed by atoms with van der Waals surface area (Å²) in [6.07, 6.45) is 0.585. The molecule has 1 aromatic carbocycles. The Morgan fingerprint density at radius 1 is 1.47 bits per heavy atom. The molecule has 0 radical (unpaired) electrons. The number of sulfonamides is 1. The highest BCUT2D eigenvalue weighted by molar-refractivity contribution is 7.89. The molecule has 1 fully saturated rings. The van der Waals surface area contributed by atoms with Crippen LogP contribution in [0.15, 0.2) is 23.1 Å². The first-order valence-electron chi connectivity index (χ1n) is 5.12. The molecular weight excluding hydrogens is 267 g/mol. The van der Waals surface area contributed by atoms with E-state index in [1.165, 1.54) is 22.5 Å². The summed E-state index contributed by atoms with van der Waals surface area (Å²) < 4.78 is 39.1. The van der Waals surface area contributed by atoms with E-state index < -0.39 is 15.8 Å². The van der Waals surface area contributed by atoms with Crippen molar-refractivity contribution in [3.8, 4) is 0 Å². The lowest BCUT2D eigenvalue weighted by molar-refractivity contribution is 0.465. The van der Waals surface area contributed by atoms with Crippen LogP contribution in [0.5, 0.6) is 0 Å². The highest BCUT2D eigenvalue weighted by Gasteiger charge is 2.33. The molecule has 1 saturated heterocycles. The summed E-state index contributed by atoms with van der Waals surface area (Å²) in [7, 11) is -3.83. The standard InChI is InChI=1S/C10H12ClFN2O2S/c11-8-2-1-3-9(10(8)12)17(15,16)14-5-4-7(13)6-14/h1-3,7H,4-6,13H2/t7-/m0/s1. The van der Waals surface area contributed by atoms with Crippen molar-refractivity contribution in [1.29, 1.82) is 0 Å². The first kappa shape index (κ1) is 12.8. The van der Waals surface area contributed by atoms with Gasteiger partial charge >= 0.3 is 0 Å². The van der Waals surface area contributed by atoms with Crippen LogP contribution in [0.3, 0.4) is 0 Å². The highest BCUT2D eigenvalue weighted by atomic mass is 35.5. The van der Waals surface area contributed by atoms with E-state index in [-0.39, 0.29) is 22.5 Å². The van der Waals surface area contributed by atoms with Gasteiger partial charge in [0, 0.05) is 19.1 Å². The van der Waals surface area contributed by atoms with Crippen LogP contribution in [0.25, 0.3) is 0 Å². The van der Waals surface area contributed by atoms with Crippen LogP contribution in [-0.2, 0) is 10.0 Å². The van der Waals surface area contributed by atoms with Crippen molar-refractivity contribution in [2.24, 2.45) is 5.73 Å². The largest absolute Gasteiger partial charge is 0.326 e. The molecule has 4 nitrogen and oxygen atoms in total. The summed E-state index contributed by atoms with van der Waals surface area (Å²) >= 11 is 5.57. The zero-order valence-corrected chi connectivity index (χ0v) is 10.5. The summed E-state index contributed by atoms with van der Waals surface area (Å²) in [5.74, 6) is -0.908. The van der Waals surface area contributed by atoms with E-state index >= 15 is 0 Å². The lowest BCUT2D eigenvalue weighted by atomic mass is 10.3. The molecule has 1 aromatic rings. The molecule has 94 valence electrons. The van der Waals surface area contributed by atoms with E-state index in [0.29, 0.717) is 13.0 Å². The van der Waals surface area contributed by atoms with Gasteiger partial charge in [-0.2, -0.15) is 4.31 Å². The lowest BCUT2D eigenvalue weighted by Crippen LogP contribution is -2.32. The van der Waals surface area contributed by atoms with Gasteiger partial charge in [-0.15, -0.1) is 0 Å². The summed E-state index contributed by atoms with van der Waals surface area (Å²) in [5.41, 5.74) is 5.64. The van der Waals surface area contributed by atoms with E-state index in [1.54, 1.807) is 0 Å². The minimum Gasteiger partial charge on any atom is -0.326 e. The van der Waals surface area contributed by atoms with Crippen molar-refractivity contribution in [1.82, 2.24) is 4.31 Å². The normalized spacial score (nSPS) is 21.9. The Bertz CT molecular complexity index is 535. The molecule has 1 aliphatic rings. The zero-order chi connectivity index (χ0) is 12.6. The van der Waals surface area contributed by atoms with Crippen molar-refractivity contribution in [3.05, 3.63) is 29.0 Å². The Morgan fingerprint density at radius 3 is 2.76 bits per heavy atom. The Balaban J connectivity index is 2.42. The molecular formula is C10H12ClFN2O2S. The van der Waals surface area contributed by atoms with Crippen molar-refractivity contribution in [2.75, 3.05) is 13.1 Å². The Hall–Kier alpha value is -0.690. The van der Waals surface area contributed by atoms with Gasteiger partial charge in [0.05, 0.1) is 5.02 Å². The van der Waals surface area contributed by atoms with Crippen LogP contribution < -0.4 is 5.73 Å². The van der Waals surface area contributed by atoms with Gasteiger partial charge in [0.25, 0.3) is 0 Å². The van der Waals surface area contributed by atoms with Crippen LogP contribution >= 0.6 is 11.6 Å². The van der Waals surface area contributed by atoms with Crippen molar-refractivity contribution < 1.29 is 12.8 Å². The summed E-state index contributed by atoms with van der Waals surface area (Å²) in [6, 6.07) is 3.74. The van der Waals surface area contributed by atoms with E-state index in [4.69, 9.17) is 17.3 Å². The lowest BCUT2D eigenvalue weighted by Gasteiger charge is -2.16. The second-order valence-corrected chi connectivity index (χ2v) is 6.28. The average Bonchev–Trinajstić information content (AvgIpc) is 2.69. The third kappa shape index (κ3) is 2.30. The number of benzene rings is 1. The molecule has 2 rings (SSSR count). The number of halogens is 2. The van der Waals surface area contributed by atoms with Gasteiger partial charge < -0.3 is 5.73 Å². The molecule has 0 aliphatic carbocycles. The molecule has 2 N–H and O–H groups in total. The van der Waals surface area contributed by atoms with E-state index in [2.05, 4.69) is 0 Å². The molecule has 0 bridgehead atoms. The van der Waals surface area contributed by atoms with Gasteiger partial charge in [0.15, 0.2) is 5.82 Å². The minimum atomic E-state index is -3.83. The Kier molecular flexibility index (Phi) is 3.40. The van der Waals surface area contributed by atoms with Gasteiger partial charge in [-0.1, -0.05) is 17.7 Å². The molecule has 1 heterocycles. The van der Waals surface area contributed by atoms with E-state index in [9.17, 15) is 12.8 Å². The second-order valence-electron chi connectivity index (χ2n) is 3.96. The van der Waals surface area contributed by atoms with E-state index in [0.717, 1.165) is 0 Å². The molecule has 0 spiro atoms. The highest BCUT2D eigenvalue weighted by Crippen LogP contribution is 2.26. The number of nitrogens with two attached hydrogens (primary N) is 1. The maximum atomic E-state index is 13.7. The second kappa shape index (κ2) is 4.53. The van der Waals surface area contributed by atoms with Crippen LogP contribution in [0.4, 0.5) is 4.39 Å². The monoisotopic (exact) mass is 278 g/mol. The molecule has 0 aromatic heterocycles. The molecule has 0 saturated carbocycles. The number of nitrogens with zero attached hydrogens (tertiary/aromatic N) is 1. The van der Waals surface area contributed by atoms with Gasteiger partial charge in [-0.25, -0.2) is 12.8 Å². The van der Waals surface area contributed by atoms with Gasteiger partial charge in [-0.05, 0) is 18.6 Å².